The number of aromatic nitrogens is 2. The maximum absolute atomic E-state index is 10.2. The zero-order chi connectivity index (χ0) is 8.27. The molecule has 1 aromatic rings. The predicted molar refractivity (Wildman–Crippen MR) is 33.3 cm³/mol. The maximum Gasteiger partial charge on any atom is 0.346 e. The minimum atomic E-state index is -0.925. The fourth-order valence-corrected chi connectivity index (χ4v) is 0.703. The molecule has 0 atom stereocenters. The molecule has 0 amide bonds. The molecule has 0 aliphatic heterocycles. The van der Waals surface area contributed by atoms with Gasteiger partial charge in [0.1, 0.15) is 12.4 Å². The Labute approximate surface area is 62.7 Å². The van der Waals surface area contributed by atoms with Crippen LogP contribution in [-0.4, -0.2) is 15.6 Å². The second-order valence-electron chi connectivity index (χ2n) is 1.99. The van der Waals surface area contributed by atoms with Crippen molar-refractivity contribution in [2.75, 3.05) is 0 Å². The van der Waals surface area contributed by atoms with Gasteiger partial charge in [-0.3, -0.25) is 0 Å². The summed E-state index contributed by atoms with van der Waals surface area (Å²) in [5, 5.41) is 16.7. The molecule has 0 fully saturated rings. The molecule has 0 saturated carbocycles. The molecule has 0 spiro atoms. The van der Waals surface area contributed by atoms with E-state index in [-0.39, 0.29) is 6.54 Å². The normalized spacial score (nSPS) is 9.00. The topological polar surface area (TPSA) is 69.9 Å². The van der Waals surface area contributed by atoms with Crippen molar-refractivity contribution in [3.8, 4) is 6.19 Å². The monoisotopic (exact) mass is 152 g/mol. The fourth-order valence-electron chi connectivity index (χ4n) is 0.703. The summed E-state index contributed by atoms with van der Waals surface area (Å²) in [6.45, 7) is -0.116. The van der Waals surface area contributed by atoms with E-state index in [9.17, 15) is 4.79 Å². The van der Waals surface area contributed by atoms with Gasteiger partial charge in [-0.2, -0.15) is 0 Å². The molecule has 5 nitrogen and oxygen atoms in total. The van der Waals surface area contributed by atoms with E-state index in [1.165, 1.54) is 27.9 Å². The van der Waals surface area contributed by atoms with Crippen LogP contribution in [0.25, 0.3) is 0 Å². The van der Waals surface area contributed by atoms with Crippen LogP contribution in [0.3, 0.4) is 0 Å². The minimum Gasteiger partial charge on any atom is -0.478 e. The van der Waals surface area contributed by atoms with Gasteiger partial charge in [0.05, 0.1) is 0 Å². The number of carbonyl (C=O) groups is 1. The highest BCUT2D eigenvalue weighted by Gasteiger charge is 2.05. The smallest absolute Gasteiger partial charge is 0.346 e. The Kier molecular flexibility index (Phi) is 1.88. The van der Waals surface area contributed by atoms with Crippen molar-refractivity contribution in [1.29, 1.82) is 5.26 Å². The second kappa shape index (κ2) is 2.84. The lowest BCUT2D eigenvalue weighted by Crippen LogP contribution is -2.35. The lowest BCUT2D eigenvalue weighted by molar-refractivity contribution is -0.685. The average molecular weight is 152 g/mol. The van der Waals surface area contributed by atoms with Crippen LogP contribution in [0.4, 0.5) is 0 Å². The molecule has 0 saturated heterocycles. The molecule has 1 rings (SSSR count). The highest BCUT2D eigenvalue weighted by molar-refractivity contribution is 5.64. The van der Waals surface area contributed by atoms with E-state index in [0.29, 0.717) is 0 Å². The molecule has 0 unspecified atom stereocenters. The van der Waals surface area contributed by atoms with E-state index in [1.54, 1.807) is 0 Å². The van der Waals surface area contributed by atoms with Crippen molar-refractivity contribution in [2.45, 2.75) is 6.54 Å². The maximum atomic E-state index is 10.2. The van der Waals surface area contributed by atoms with Gasteiger partial charge in [0.25, 0.3) is 12.5 Å². The number of aliphatic carboxylic acids is 1. The van der Waals surface area contributed by atoms with E-state index in [0.717, 1.165) is 0 Å². The van der Waals surface area contributed by atoms with Gasteiger partial charge >= 0.3 is 5.97 Å². The highest BCUT2D eigenvalue weighted by atomic mass is 16.4. The first-order chi connectivity index (χ1) is 5.22. The molecule has 1 heterocycles. The van der Waals surface area contributed by atoms with Crippen molar-refractivity contribution in [3.05, 3.63) is 18.7 Å². The Balaban J connectivity index is 2.75. The third-order valence-electron chi connectivity index (χ3n) is 1.12. The molecule has 0 aliphatic rings. The van der Waals surface area contributed by atoms with Crippen molar-refractivity contribution in [2.24, 2.45) is 0 Å². The Bertz CT molecular complexity index is 310. The first-order valence-electron chi connectivity index (χ1n) is 2.91. The van der Waals surface area contributed by atoms with Crippen LogP contribution in [0, 0.1) is 11.5 Å². The largest absolute Gasteiger partial charge is 0.478 e. The first kappa shape index (κ1) is 7.28. The summed E-state index contributed by atoms with van der Waals surface area (Å²) in [6.07, 6.45) is 6.25. The second-order valence-corrected chi connectivity index (χ2v) is 1.99. The number of carboxylic acids is 1. The fraction of sp³-hybridized carbons (Fsp3) is 0.167. The zero-order valence-electron chi connectivity index (χ0n) is 5.64. The molecule has 0 aliphatic carbocycles. The van der Waals surface area contributed by atoms with E-state index >= 15 is 0 Å². The number of nitriles is 1. The van der Waals surface area contributed by atoms with Crippen LogP contribution in [0.2, 0.25) is 0 Å². The molecule has 5 heteroatoms. The average Bonchev–Trinajstić information content (AvgIpc) is 2.34. The summed E-state index contributed by atoms with van der Waals surface area (Å²) in [7, 11) is 0. The Morgan fingerprint density at radius 3 is 3.00 bits per heavy atom. The van der Waals surface area contributed by atoms with Crippen molar-refractivity contribution in [1.82, 2.24) is 4.57 Å². The number of imidazole rings is 1. The van der Waals surface area contributed by atoms with Gasteiger partial charge in [-0.05, 0) is 0 Å². The number of hydrogen-bond acceptors (Lipinski definition) is 2. The third kappa shape index (κ3) is 1.79. The number of carboxylic acid groups (broad SMARTS) is 1. The van der Waals surface area contributed by atoms with Crippen LogP contribution in [0.1, 0.15) is 0 Å². The summed E-state index contributed by atoms with van der Waals surface area (Å²) >= 11 is 0. The summed E-state index contributed by atoms with van der Waals surface area (Å²) < 4.78 is 2.63. The highest BCUT2D eigenvalue weighted by Crippen LogP contribution is 1.78. The number of hydrogen-bond donors (Lipinski definition) is 1. The molecule has 0 aromatic carbocycles. The van der Waals surface area contributed by atoms with Gasteiger partial charge in [0.15, 0.2) is 6.54 Å². The minimum absolute atomic E-state index is 0.116. The molecule has 11 heavy (non-hydrogen) atoms. The van der Waals surface area contributed by atoms with Crippen molar-refractivity contribution >= 4 is 5.97 Å². The molecule has 0 bridgehead atoms. The SMILES string of the molecule is N#Cn1cc[n+](CC(=O)O)c1. The van der Waals surface area contributed by atoms with E-state index in [2.05, 4.69) is 0 Å². The zero-order valence-corrected chi connectivity index (χ0v) is 5.64. The van der Waals surface area contributed by atoms with Gasteiger partial charge in [-0.1, -0.05) is 0 Å². The lowest BCUT2D eigenvalue weighted by atomic mass is 10.6. The van der Waals surface area contributed by atoms with Crippen molar-refractivity contribution in [3.63, 3.8) is 0 Å². The van der Waals surface area contributed by atoms with Crippen LogP contribution in [-0.2, 0) is 11.3 Å². The van der Waals surface area contributed by atoms with Gasteiger partial charge in [-0.25, -0.2) is 9.36 Å². The Morgan fingerprint density at radius 2 is 2.55 bits per heavy atom. The summed E-state index contributed by atoms with van der Waals surface area (Å²) in [4.78, 5) is 10.2. The van der Waals surface area contributed by atoms with Crippen LogP contribution < -0.4 is 4.57 Å². The van der Waals surface area contributed by atoms with Gasteiger partial charge in [0.2, 0.25) is 0 Å². The molecular formula is C6H6N3O2+. The quantitative estimate of drug-likeness (QED) is 0.563. The van der Waals surface area contributed by atoms with E-state index < -0.39 is 5.97 Å². The third-order valence-corrected chi connectivity index (χ3v) is 1.12. The Morgan fingerprint density at radius 1 is 1.82 bits per heavy atom. The van der Waals surface area contributed by atoms with Gasteiger partial charge < -0.3 is 5.11 Å². The van der Waals surface area contributed by atoms with Crippen LogP contribution in [0.15, 0.2) is 18.7 Å². The number of rotatable bonds is 2. The predicted octanol–water partition coefficient (Wildman–Crippen LogP) is -0.811. The summed E-state index contributed by atoms with van der Waals surface area (Å²) in [6, 6.07) is 0. The van der Waals surface area contributed by atoms with Gasteiger partial charge in [0, 0.05) is 0 Å². The summed E-state index contributed by atoms with van der Waals surface area (Å²) in [5.74, 6) is -0.925. The molecule has 0 radical (unpaired) electrons. The van der Waals surface area contributed by atoms with E-state index in [4.69, 9.17) is 10.4 Å². The Hall–Kier alpha value is -1.83. The van der Waals surface area contributed by atoms with Crippen molar-refractivity contribution < 1.29 is 14.5 Å². The standard InChI is InChI=1S/C6H5N3O2/c7-4-9-2-1-8(5-9)3-6(10)11/h1-2,5H,3H2/p+1. The molecule has 56 valence electrons. The molecule has 1 aromatic heterocycles. The van der Waals surface area contributed by atoms with E-state index in [1.807, 2.05) is 6.19 Å². The number of nitrogens with zero attached hydrogens (tertiary/aromatic N) is 3. The van der Waals surface area contributed by atoms with Crippen LogP contribution >= 0.6 is 0 Å². The lowest BCUT2D eigenvalue weighted by Gasteiger charge is -1.85. The molecule has 1 N–H and O–H groups in total. The summed E-state index contributed by atoms with van der Waals surface area (Å²) in [5.41, 5.74) is 0. The first-order valence-corrected chi connectivity index (χ1v) is 2.91. The van der Waals surface area contributed by atoms with Gasteiger partial charge in [-0.15, -0.1) is 9.83 Å². The molecular weight excluding hydrogens is 146 g/mol. The van der Waals surface area contributed by atoms with Crippen LogP contribution in [0.5, 0.6) is 0 Å².